The van der Waals surface area contributed by atoms with Gasteiger partial charge in [-0.15, -0.1) is 11.3 Å². The van der Waals surface area contributed by atoms with Crippen molar-refractivity contribution in [3.63, 3.8) is 0 Å². The number of allylic oxidation sites excluding steroid dienone is 3. The topological polar surface area (TPSA) is 34.1 Å². The molecule has 1 aromatic rings. The summed E-state index contributed by atoms with van der Waals surface area (Å²) < 4.78 is 25.2. The van der Waals surface area contributed by atoms with Crippen LogP contribution in [0.4, 0.5) is 0 Å². The minimum Gasteiger partial charge on any atom is -0.218 e. The molecule has 2 rings (SSSR count). The van der Waals surface area contributed by atoms with E-state index in [1.165, 1.54) is 11.3 Å². The Morgan fingerprint density at radius 1 is 1.28 bits per heavy atom. The second-order valence-electron chi connectivity index (χ2n) is 4.41. The number of aryl methyl sites for hydroxylation is 1. The molecule has 1 aromatic heterocycles. The maximum Gasteiger partial charge on any atom is 0.215 e. The summed E-state index contributed by atoms with van der Waals surface area (Å²) in [4.78, 5) is 1.62. The molecule has 1 aliphatic carbocycles. The van der Waals surface area contributed by atoms with E-state index in [4.69, 9.17) is 0 Å². The van der Waals surface area contributed by atoms with Crippen molar-refractivity contribution in [2.45, 2.75) is 43.2 Å². The van der Waals surface area contributed by atoms with Gasteiger partial charge in [0.2, 0.25) is 9.84 Å². The fraction of sp³-hybridized carbons (Fsp3) is 0.429. The van der Waals surface area contributed by atoms with Crippen LogP contribution in [0.2, 0.25) is 0 Å². The smallest absolute Gasteiger partial charge is 0.215 e. The maximum absolute atomic E-state index is 12.4. The largest absolute Gasteiger partial charge is 0.218 e. The molecule has 0 saturated carbocycles. The van der Waals surface area contributed by atoms with Gasteiger partial charge in [0.05, 0.1) is 4.91 Å². The van der Waals surface area contributed by atoms with Gasteiger partial charge in [0.15, 0.2) is 0 Å². The van der Waals surface area contributed by atoms with E-state index < -0.39 is 9.84 Å². The summed E-state index contributed by atoms with van der Waals surface area (Å²) in [5.41, 5.74) is 0. The monoisotopic (exact) mass is 282 g/mol. The van der Waals surface area contributed by atoms with E-state index in [2.05, 4.69) is 6.92 Å². The zero-order valence-corrected chi connectivity index (χ0v) is 12.2. The number of unbranched alkanes of at least 4 members (excludes halogenated alkanes) is 1. The highest BCUT2D eigenvalue weighted by Crippen LogP contribution is 2.30. The Morgan fingerprint density at radius 3 is 2.78 bits per heavy atom. The van der Waals surface area contributed by atoms with Crippen molar-refractivity contribution in [2.75, 3.05) is 0 Å². The highest BCUT2D eigenvalue weighted by molar-refractivity contribution is 7.97. The molecule has 1 aliphatic rings. The minimum absolute atomic E-state index is 0.456. The van der Waals surface area contributed by atoms with Crippen molar-refractivity contribution >= 4 is 21.2 Å². The van der Waals surface area contributed by atoms with E-state index in [9.17, 15) is 8.42 Å². The van der Waals surface area contributed by atoms with Crippen molar-refractivity contribution < 1.29 is 8.42 Å². The number of thiophene rings is 1. The highest BCUT2D eigenvalue weighted by Gasteiger charge is 2.21. The summed E-state index contributed by atoms with van der Waals surface area (Å²) in [6, 6.07) is 3.69. The van der Waals surface area contributed by atoms with Gasteiger partial charge in [-0.05, 0) is 43.9 Å². The summed E-state index contributed by atoms with van der Waals surface area (Å²) >= 11 is 1.41. The summed E-state index contributed by atoms with van der Waals surface area (Å²) in [5, 5.41) is 0. The molecule has 0 aromatic carbocycles. The van der Waals surface area contributed by atoms with Gasteiger partial charge in [-0.3, -0.25) is 0 Å². The molecular formula is C14H18O2S2. The van der Waals surface area contributed by atoms with Gasteiger partial charge in [0.1, 0.15) is 4.21 Å². The first-order chi connectivity index (χ1) is 8.64. The molecule has 0 amide bonds. The van der Waals surface area contributed by atoms with Crippen LogP contribution in [-0.2, 0) is 16.3 Å². The number of hydrogen-bond donors (Lipinski definition) is 0. The minimum atomic E-state index is -3.27. The van der Waals surface area contributed by atoms with E-state index >= 15 is 0 Å². The number of hydrogen-bond acceptors (Lipinski definition) is 3. The summed E-state index contributed by atoms with van der Waals surface area (Å²) in [7, 11) is -3.27. The van der Waals surface area contributed by atoms with Crippen LogP contribution < -0.4 is 0 Å². The Kier molecular flexibility index (Phi) is 4.40. The van der Waals surface area contributed by atoms with E-state index in [0.29, 0.717) is 9.11 Å². The molecule has 4 heteroatoms. The van der Waals surface area contributed by atoms with Crippen LogP contribution in [0.15, 0.2) is 39.5 Å². The Hall–Kier alpha value is -0.870. The van der Waals surface area contributed by atoms with Crippen molar-refractivity contribution in [3.8, 4) is 0 Å². The Labute approximate surface area is 113 Å². The fourth-order valence-corrected chi connectivity index (χ4v) is 4.81. The average molecular weight is 282 g/mol. The molecule has 98 valence electrons. The first kappa shape index (κ1) is 13.6. The second-order valence-corrected chi connectivity index (χ2v) is 7.76. The van der Waals surface area contributed by atoms with Gasteiger partial charge in [-0.25, -0.2) is 8.42 Å². The molecule has 0 radical (unpaired) electrons. The van der Waals surface area contributed by atoms with Gasteiger partial charge in [0, 0.05) is 4.88 Å². The third kappa shape index (κ3) is 2.93. The maximum atomic E-state index is 12.4. The lowest BCUT2D eigenvalue weighted by molar-refractivity contribution is 0.604. The van der Waals surface area contributed by atoms with E-state index in [-0.39, 0.29) is 0 Å². The second kappa shape index (κ2) is 5.85. The van der Waals surface area contributed by atoms with E-state index in [1.807, 2.05) is 18.2 Å². The standard InChI is InChI=1S/C14H18O2S2/c1-2-3-7-12-10-11-14(17-12)18(15,16)13-8-5-4-6-9-13/h5,8-11H,2-4,6-7H2,1H3. The Morgan fingerprint density at radius 2 is 2.11 bits per heavy atom. The van der Waals surface area contributed by atoms with Crippen LogP contribution in [0.1, 0.15) is 37.5 Å². The molecule has 0 fully saturated rings. The molecule has 2 nitrogen and oxygen atoms in total. The molecule has 0 unspecified atom stereocenters. The highest BCUT2D eigenvalue weighted by atomic mass is 32.2. The molecule has 0 aliphatic heterocycles. The third-order valence-corrected chi connectivity index (χ3v) is 6.39. The van der Waals surface area contributed by atoms with Crippen molar-refractivity contribution in [3.05, 3.63) is 40.1 Å². The number of rotatable bonds is 5. The number of sulfone groups is 1. The van der Waals surface area contributed by atoms with Crippen LogP contribution in [0.25, 0.3) is 0 Å². The third-order valence-electron chi connectivity index (χ3n) is 2.95. The predicted molar refractivity (Wildman–Crippen MR) is 76.6 cm³/mol. The van der Waals surface area contributed by atoms with Crippen molar-refractivity contribution in [2.24, 2.45) is 0 Å². The predicted octanol–water partition coefficient (Wildman–Crippen LogP) is 4.10. The molecule has 1 heterocycles. The molecule has 18 heavy (non-hydrogen) atoms. The quantitative estimate of drug-likeness (QED) is 0.815. The van der Waals surface area contributed by atoms with E-state index in [0.717, 1.165) is 37.0 Å². The molecule has 0 N–H and O–H groups in total. The van der Waals surface area contributed by atoms with Crippen LogP contribution in [-0.4, -0.2) is 8.42 Å². The van der Waals surface area contributed by atoms with Gasteiger partial charge in [-0.1, -0.05) is 25.5 Å². The summed E-state index contributed by atoms with van der Waals surface area (Å²) in [6.07, 6.45) is 10.5. The van der Waals surface area contributed by atoms with Gasteiger partial charge in [-0.2, -0.15) is 0 Å². The summed E-state index contributed by atoms with van der Waals surface area (Å²) in [5.74, 6) is 0. The SMILES string of the molecule is CCCCc1ccc(S(=O)(=O)C2=CCCC=C2)s1. The fourth-order valence-electron chi connectivity index (χ4n) is 1.89. The van der Waals surface area contributed by atoms with Crippen LogP contribution in [0.3, 0.4) is 0 Å². The first-order valence-corrected chi connectivity index (χ1v) is 8.65. The lowest BCUT2D eigenvalue weighted by atomic mass is 10.2. The van der Waals surface area contributed by atoms with Gasteiger partial charge >= 0.3 is 0 Å². The van der Waals surface area contributed by atoms with Crippen molar-refractivity contribution in [1.29, 1.82) is 0 Å². The lowest BCUT2D eigenvalue weighted by Crippen LogP contribution is -2.02. The molecular weight excluding hydrogens is 264 g/mol. The van der Waals surface area contributed by atoms with Crippen LogP contribution in [0.5, 0.6) is 0 Å². The molecule has 0 spiro atoms. The van der Waals surface area contributed by atoms with Gasteiger partial charge < -0.3 is 0 Å². The van der Waals surface area contributed by atoms with E-state index in [1.54, 1.807) is 12.1 Å². The van der Waals surface area contributed by atoms with Gasteiger partial charge in [0.25, 0.3) is 0 Å². The molecule has 0 bridgehead atoms. The normalized spacial score (nSPS) is 15.7. The molecule has 0 atom stereocenters. The van der Waals surface area contributed by atoms with Crippen LogP contribution >= 0.6 is 11.3 Å². The Bertz CT molecular complexity index is 562. The molecule has 0 saturated heterocycles. The van der Waals surface area contributed by atoms with Crippen molar-refractivity contribution in [1.82, 2.24) is 0 Å². The summed E-state index contributed by atoms with van der Waals surface area (Å²) in [6.45, 7) is 2.14. The first-order valence-electron chi connectivity index (χ1n) is 6.35. The average Bonchev–Trinajstić information content (AvgIpc) is 2.87. The zero-order chi connectivity index (χ0) is 13.0. The van der Waals surface area contributed by atoms with Crippen LogP contribution in [0, 0.1) is 0 Å². The zero-order valence-electron chi connectivity index (χ0n) is 10.6. The Balaban J connectivity index is 2.22. The lowest BCUT2D eigenvalue weighted by Gasteiger charge is -2.06.